The zero-order chi connectivity index (χ0) is 23.3. The Morgan fingerprint density at radius 1 is 1.06 bits per heavy atom. The van der Waals surface area contributed by atoms with E-state index in [1.807, 2.05) is 44.2 Å². The molecular formula is C26H29NO4S. The van der Waals surface area contributed by atoms with Crippen molar-refractivity contribution in [1.29, 1.82) is 0 Å². The SMILES string of the molecule is C=CC1=C(C(/C=C/c2ccc(C)cc2)C(=O)OCC)CN(S(=O)(=O)c2ccc(C)cc2)C1. The third kappa shape index (κ3) is 5.26. The topological polar surface area (TPSA) is 63.7 Å². The molecular weight excluding hydrogens is 422 g/mol. The molecule has 5 nitrogen and oxygen atoms in total. The molecule has 0 saturated carbocycles. The first-order chi connectivity index (χ1) is 15.3. The highest BCUT2D eigenvalue weighted by atomic mass is 32.2. The molecule has 0 radical (unpaired) electrons. The van der Waals surface area contributed by atoms with Gasteiger partial charge in [0.2, 0.25) is 10.0 Å². The average molecular weight is 452 g/mol. The molecule has 0 saturated heterocycles. The van der Waals surface area contributed by atoms with Crippen LogP contribution in [0, 0.1) is 19.8 Å². The second kappa shape index (κ2) is 10.1. The highest BCUT2D eigenvalue weighted by molar-refractivity contribution is 7.89. The van der Waals surface area contributed by atoms with E-state index in [0.29, 0.717) is 5.57 Å². The van der Waals surface area contributed by atoms with Gasteiger partial charge in [-0.2, -0.15) is 4.31 Å². The minimum Gasteiger partial charge on any atom is -0.465 e. The molecule has 1 unspecified atom stereocenters. The lowest BCUT2D eigenvalue weighted by atomic mass is 9.94. The van der Waals surface area contributed by atoms with Crippen molar-refractivity contribution in [1.82, 2.24) is 4.31 Å². The molecule has 0 amide bonds. The van der Waals surface area contributed by atoms with Gasteiger partial charge in [0.05, 0.1) is 17.4 Å². The standard InChI is InChI=1S/C26H29NO4S/c1-5-22-17-27(32(29,30)23-14-9-20(4)10-15-23)18-25(22)24(26(28)31-6-2)16-13-21-11-7-19(3)8-12-21/h5,7-16,24H,1,6,17-18H2,2-4H3/b16-13+. The quantitative estimate of drug-likeness (QED) is 0.547. The molecule has 0 spiro atoms. The Hall–Kier alpha value is -2.96. The van der Waals surface area contributed by atoms with Crippen LogP contribution in [0.1, 0.15) is 23.6 Å². The van der Waals surface area contributed by atoms with Gasteiger partial charge in [-0.25, -0.2) is 8.42 Å². The minimum absolute atomic E-state index is 0.110. The largest absolute Gasteiger partial charge is 0.465 e. The number of hydrogen-bond acceptors (Lipinski definition) is 4. The summed E-state index contributed by atoms with van der Waals surface area (Å²) >= 11 is 0. The fourth-order valence-electron chi connectivity index (χ4n) is 3.62. The van der Waals surface area contributed by atoms with Crippen molar-refractivity contribution in [2.24, 2.45) is 5.92 Å². The minimum atomic E-state index is -3.71. The van der Waals surface area contributed by atoms with Gasteiger partial charge >= 0.3 is 5.97 Å². The molecule has 0 aromatic heterocycles. The van der Waals surface area contributed by atoms with Crippen molar-refractivity contribution < 1.29 is 17.9 Å². The van der Waals surface area contributed by atoms with Crippen LogP contribution >= 0.6 is 0 Å². The van der Waals surface area contributed by atoms with E-state index >= 15 is 0 Å². The number of benzene rings is 2. The summed E-state index contributed by atoms with van der Waals surface area (Å²) in [6.45, 7) is 10.1. The summed E-state index contributed by atoms with van der Waals surface area (Å²) in [5.41, 5.74) is 4.51. The normalized spacial score (nSPS) is 15.8. The van der Waals surface area contributed by atoms with Crippen molar-refractivity contribution in [2.45, 2.75) is 25.7 Å². The van der Waals surface area contributed by atoms with Crippen molar-refractivity contribution in [3.05, 3.63) is 95.1 Å². The van der Waals surface area contributed by atoms with Gasteiger partial charge < -0.3 is 4.74 Å². The van der Waals surface area contributed by atoms with Crippen LogP contribution in [-0.2, 0) is 19.6 Å². The van der Waals surface area contributed by atoms with Gasteiger partial charge in [0.25, 0.3) is 0 Å². The number of hydrogen-bond donors (Lipinski definition) is 0. The van der Waals surface area contributed by atoms with Crippen LogP contribution in [0.4, 0.5) is 0 Å². The second-order valence-corrected chi connectivity index (χ2v) is 9.78. The molecule has 1 heterocycles. The first-order valence-corrected chi connectivity index (χ1v) is 12.0. The van der Waals surface area contributed by atoms with Crippen LogP contribution in [0.2, 0.25) is 0 Å². The predicted molar refractivity (Wildman–Crippen MR) is 127 cm³/mol. The number of rotatable bonds is 8. The number of esters is 1. The molecule has 32 heavy (non-hydrogen) atoms. The summed E-state index contributed by atoms with van der Waals surface area (Å²) in [5.74, 6) is -1.10. The van der Waals surface area contributed by atoms with Crippen LogP contribution in [0.15, 0.2) is 83.3 Å². The fourth-order valence-corrected chi connectivity index (χ4v) is 5.01. The Kier molecular flexibility index (Phi) is 7.48. The molecule has 1 aliphatic heterocycles. The van der Waals surface area contributed by atoms with Crippen molar-refractivity contribution in [3.8, 4) is 0 Å². The molecule has 0 fully saturated rings. The Morgan fingerprint density at radius 2 is 1.66 bits per heavy atom. The maximum absolute atomic E-state index is 13.2. The maximum Gasteiger partial charge on any atom is 0.317 e. The van der Waals surface area contributed by atoms with Gasteiger partial charge in [-0.15, -0.1) is 0 Å². The van der Waals surface area contributed by atoms with E-state index in [1.54, 1.807) is 43.3 Å². The maximum atomic E-state index is 13.2. The average Bonchev–Trinajstić information content (AvgIpc) is 3.21. The first-order valence-electron chi connectivity index (χ1n) is 10.6. The number of aryl methyl sites for hydroxylation is 2. The lowest BCUT2D eigenvalue weighted by Crippen LogP contribution is -2.31. The first kappa shape index (κ1) is 23.7. The third-order valence-electron chi connectivity index (χ3n) is 5.49. The van der Waals surface area contributed by atoms with Gasteiger partial charge in [0.15, 0.2) is 0 Å². The number of ether oxygens (including phenoxy) is 1. The molecule has 0 bridgehead atoms. The molecule has 1 atom stereocenters. The van der Waals surface area contributed by atoms with Gasteiger partial charge in [0, 0.05) is 13.1 Å². The second-order valence-electron chi connectivity index (χ2n) is 7.84. The molecule has 0 N–H and O–H groups in total. The zero-order valence-corrected chi connectivity index (χ0v) is 19.6. The van der Waals surface area contributed by atoms with E-state index < -0.39 is 21.9 Å². The van der Waals surface area contributed by atoms with Crippen LogP contribution in [0.25, 0.3) is 6.08 Å². The van der Waals surface area contributed by atoms with Gasteiger partial charge in [-0.3, -0.25) is 4.79 Å². The Morgan fingerprint density at radius 3 is 2.22 bits per heavy atom. The summed E-state index contributed by atoms with van der Waals surface area (Å²) in [6.07, 6.45) is 5.28. The van der Waals surface area contributed by atoms with Gasteiger partial charge in [-0.1, -0.05) is 72.3 Å². The third-order valence-corrected chi connectivity index (χ3v) is 7.29. The molecule has 3 rings (SSSR count). The summed E-state index contributed by atoms with van der Waals surface area (Å²) in [6, 6.07) is 14.7. The fraction of sp³-hybridized carbons (Fsp3) is 0.269. The van der Waals surface area contributed by atoms with Gasteiger partial charge in [0.1, 0.15) is 0 Å². The summed E-state index contributed by atoms with van der Waals surface area (Å²) in [4.78, 5) is 13.1. The zero-order valence-electron chi connectivity index (χ0n) is 18.7. The monoisotopic (exact) mass is 451 g/mol. The summed E-state index contributed by atoms with van der Waals surface area (Å²) < 4.78 is 33.1. The molecule has 6 heteroatoms. The van der Waals surface area contributed by atoms with Gasteiger partial charge in [-0.05, 0) is 49.6 Å². The highest BCUT2D eigenvalue weighted by Crippen LogP contribution is 2.31. The molecule has 2 aromatic rings. The van der Waals surface area contributed by atoms with Crippen molar-refractivity contribution in [2.75, 3.05) is 19.7 Å². The number of nitrogens with zero attached hydrogens (tertiary/aromatic N) is 1. The van der Waals surface area contributed by atoms with E-state index in [1.165, 1.54) is 4.31 Å². The van der Waals surface area contributed by atoms with Crippen LogP contribution in [-0.4, -0.2) is 38.4 Å². The number of carbonyl (C=O) groups excluding carboxylic acids is 1. The van der Waals surface area contributed by atoms with E-state index in [9.17, 15) is 13.2 Å². The predicted octanol–water partition coefficient (Wildman–Crippen LogP) is 4.68. The lowest BCUT2D eigenvalue weighted by Gasteiger charge is -2.18. The van der Waals surface area contributed by atoms with Crippen molar-refractivity contribution >= 4 is 22.1 Å². The molecule has 1 aliphatic rings. The highest BCUT2D eigenvalue weighted by Gasteiger charge is 2.36. The molecule has 168 valence electrons. The Bertz CT molecular complexity index is 1140. The van der Waals surface area contributed by atoms with Crippen LogP contribution in [0.5, 0.6) is 0 Å². The molecule has 0 aliphatic carbocycles. The van der Waals surface area contributed by atoms with Crippen molar-refractivity contribution in [3.63, 3.8) is 0 Å². The number of sulfonamides is 1. The Balaban J connectivity index is 1.92. The van der Waals surface area contributed by atoms with E-state index in [0.717, 1.165) is 22.3 Å². The van der Waals surface area contributed by atoms with Crippen LogP contribution in [0.3, 0.4) is 0 Å². The number of carbonyl (C=O) groups is 1. The van der Waals surface area contributed by atoms with E-state index in [2.05, 4.69) is 6.58 Å². The Labute approximate surface area is 190 Å². The lowest BCUT2D eigenvalue weighted by molar-refractivity contribution is -0.145. The smallest absolute Gasteiger partial charge is 0.317 e. The van der Waals surface area contributed by atoms with Crippen LogP contribution < -0.4 is 0 Å². The van der Waals surface area contributed by atoms with E-state index in [-0.39, 0.29) is 24.6 Å². The summed E-state index contributed by atoms with van der Waals surface area (Å²) in [5, 5.41) is 0. The summed E-state index contributed by atoms with van der Waals surface area (Å²) in [7, 11) is -3.71. The molecule has 2 aromatic carbocycles. The van der Waals surface area contributed by atoms with E-state index in [4.69, 9.17) is 4.74 Å².